The van der Waals surface area contributed by atoms with Crippen molar-refractivity contribution in [1.82, 2.24) is 25.2 Å². The molecule has 12 nitrogen and oxygen atoms in total. The summed E-state index contributed by atoms with van der Waals surface area (Å²) >= 11 is 1.01. The van der Waals surface area contributed by atoms with Crippen molar-refractivity contribution in [3.8, 4) is 35.3 Å². The predicted molar refractivity (Wildman–Crippen MR) is 168 cm³/mol. The third-order valence-electron chi connectivity index (χ3n) is 9.21. The number of piperazine rings is 1. The molecule has 0 amide bonds. The molecule has 0 aliphatic carbocycles. The molecule has 3 saturated heterocycles. The Hall–Kier alpha value is -4.88. The highest BCUT2D eigenvalue weighted by molar-refractivity contribution is 7.23. The molecule has 3 aliphatic heterocycles. The zero-order valence-electron chi connectivity index (χ0n) is 24.6. The number of nitriles is 3. The molecule has 4 N–H and O–H groups in total. The molecule has 1 aromatic carbocycles. The number of benzene rings is 1. The lowest BCUT2D eigenvalue weighted by Gasteiger charge is -2.34. The van der Waals surface area contributed by atoms with E-state index in [2.05, 4.69) is 26.3 Å². The number of ether oxygens (including phenoxy) is 1. The number of hydrogen-bond acceptors (Lipinski definition) is 12. The van der Waals surface area contributed by atoms with Crippen LogP contribution in [0, 0.1) is 39.8 Å². The summed E-state index contributed by atoms with van der Waals surface area (Å²) in [5, 5.41) is 33.2. The number of pyridine rings is 1. The summed E-state index contributed by atoms with van der Waals surface area (Å²) in [6, 6.07) is 8.31. The second kappa shape index (κ2) is 11.5. The van der Waals surface area contributed by atoms with Crippen molar-refractivity contribution in [1.29, 1.82) is 15.8 Å². The number of nitrogens with zero attached hydrogens (tertiary/aromatic N) is 7. The molecule has 0 saturated carbocycles. The zero-order valence-corrected chi connectivity index (χ0v) is 25.4. The first-order valence-corrected chi connectivity index (χ1v) is 15.7. The van der Waals surface area contributed by atoms with Crippen LogP contribution in [-0.4, -0.2) is 76.9 Å². The smallest absolute Gasteiger partial charge is 0.319 e. The summed E-state index contributed by atoms with van der Waals surface area (Å²) in [4.78, 5) is 30.7. The molecule has 15 heteroatoms. The van der Waals surface area contributed by atoms with E-state index < -0.39 is 23.0 Å². The van der Waals surface area contributed by atoms with Crippen LogP contribution in [-0.2, 0) is 0 Å². The van der Waals surface area contributed by atoms with E-state index in [0.29, 0.717) is 43.1 Å². The standard InChI is InChI=1S/C31H28F2N10O2S/c32-16-8-19(23-20(11-35)28(37)46-22(23)9-16)24-21(12-36)39-26-25(27(24)44)40-30(41-29(26)42-7-5-38-18(14-42)2-4-34)45-15-31-3-1-6-43(31)13-17(33)10-31/h8-9,17-18,38H,1-3,5-7,10,13-15,37H2,(H,39,44)/t17-,18+,31+/m1/s1. The number of halogens is 2. The van der Waals surface area contributed by atoms with Crippen molar-refractivity contribution in [2.45, 2.75) is 43.4 Å². The SMILES string of the molecule is N#CC[C@H]1CN(c2nc(OC[C@@]34CCCN3C[C@H](F)C4)nc3c(=O)c(-c4cc(F)cc5sc(N)c(C#N)c45)c(C#N)[nH]c23)CCN1. The molecule has 3 fully saturated rings. The first kappa shape index (κ1) is 29.8. The number of nitrogens with two attached hydrogens (primary N) is 1. The summed E-state index contributed by atoms with van der Waals surface area (Å²) in [6.45, 7) is 2.64. The number of rotatable bonds is 6. The summed E-state index contributed by atoms with van der Waals surface area (Å²) in [7, 11) is 0. The summed E-state index contributed by atoms with van der Waals surface area (Å²) in [5.74, 6) is -0.362. The molecule has 0 unspecified atom stereocenters. The number of anilines is 2. The van der Waals surface area contributed by atoms with Crippen molar-refractivity contribution in [3.63, 3.8) is 0 Å². The summed E-state index contributed by atoms with van der Waals surface area (Å²) < 4.78 is 35.9. The third-order valence-corrected chi connectivity index (χ3v) is 10.2. The molecule has 3 aromatic heterocycles. The van der Waals surface area contributed by atoms with Crippen LogP contribution in [0.25, 0.3) is 32.2 Å². The van der Waals surface area contributed by atoms with Gasteiger partial charge >= 0.3 is 6.01 Å². The van der Waals surface area contributed by atoms with E-state index in [1.54, 1.807) is 0 Å². The van der Waals surface area contributed by atoms with Gasteiger partial charge in [0.05, 0.1) is 29.2 Å². The van der Waals surface area contributed by atoms with Crippen molar-refractivity contribution in [2.24, 2.45) is 0 Å². The Balaban J connectivity index is 1.42. The van der Waals surface area contributed by atoms with Gasteiger partial charge in [-0.05, 0) is 31.5 Å². The molecule has 0 bridgehead atoms. The highest BCUT2D eigenvalue weighted by Crippen LogP contribution is 2.42. The third kappa shape index (κ3) is 4.86. The molecule has 46 heavy (non-hydrogen) atoms. The molecule has 0 spiro atoms. The lowest BCUT2D eigenvalue weighted by Crippen LogP contribution is -2.51. The van der Waals surface area contributed by atoms with Gasteiger partial charge in [0.2, 0.25) is 5.43 Å². The average Bonchev–Trinajstić information content (AvgIpc) is 3.68. The van der Waals surface area contributed by atoms with Crippen molar-refractivity contribution in [2.75, 3.05) is 50.0 Å². The van der Waals surface area contributed by atoms with Crippen LogP contribution in [0.15, 0.2) is 16.9 Å². The normalized spacial score (nSPS) is 22.9. The van der Waals surface area contributed by atoms with Crippen molar-refractivity contribution >= 4 is 43.3 Å². The van der Waals surface area contributed by atoms with E-state index in [4.69, 9.17) is 15.5 Å². The van der Waals surface area contributed by atoms with E-state index in [1.165, 1.54) is 6.07 Å². The van der Waals surface area contributed by atoms with Crippen LogP contribution in [0.2, 0.25) is 0 Å². The van der Waals surface area contributed by atoms with Crippen LogP contribution in [0.1, 0.15) is 36.9 Å². The summed E-state index contributed by atoms with van der Waals surface area (Å²) in [6.07, 6.45) is 1.30. The molecule has 3 atom stereocenters. The Kier molecular flexibility index (Phi) is 7.44. The van der Waals surface area contributed by atoms with E-state index in [1.807, 2.05) is 17.0 Å². The molecular weight excluding hydrogens is 614 g/mol. The molecule has 0 radical (unpaired) electrons. The fraction of sp³-hybridized carbons (Fsp3) is 0.419. The predicted octanol–water partition coefficient (Wildman–Crippen LogP) is 3.31. The number of alkyl halides is 1. The second-order valence-corrected chi connectivity index (χ2v) is 13.1. The number of aromatic amines is 1. The van der Waals surface area contributed by atoms with Crippen LogP contribution >= 0.6 is 11.3 Å². The molecule has 234 valence electrons. The molecule has 3 aliphatic rings. The fourth-order valence-corrected chi connectivity index (χ4v) is 8.17. The molecular formula is C31H28F2N10O2S. The maximum absolute atomic E-state index is 14.9. The van der Waals surface area contributed by atoms with Gasteiger partial charge in [0, 0.05) is 54.3 Å². The number of hydrogen-bond donors (Lipinski definition) is 3. The molecule has 4 aromatic rings. The first-order chi connectivity index (χ1) is 22.2. The number of aromatic nitrogens is 3. The lowest BCUT2D eigenvalue weighted by atomic mass is 9.95. The minimum atomic E-state index is -0.961. The second-order valence-electron chi connectivity index (χ2n) is 12.0. The number of nitrogens with one attached hydrogen (secondary N) is 2. The number of thiophene rings is 1. The largest absolute Gasteiger partial charge is 0.461 e. The highest BCUT2D eigenvalue weighted by Gasteiger charge is 2.49. The van der Waals surface area contributed by atoms with Gasteiger partial charge in [-0.25, -0.2) is 8.78 Å². The van der Waals surface area contributed by atoms with Gasteiger partial charge in [0.15, 0.2) is 5.82 Å². The molecule has 7 rings (SSSR count). The van der Waals surface area contributed by atoms with Gasteiger partial charge in [-0.3, -0.25) is 9.69 Å². The van der Waals surface area contributed by atoms with Crippen LogP contribution in [0.4, 0.5) is 19.6 Å². The average molecular weight is 643 g/mol. The fourth-order valence-electron chi connectivity index (χ4n) is 7.20. The number of nitrogen functional groups attached to an aromatic ring is 1. The Labute approximate surface area is 265 Å². The van der Waals surface area contributed by atoms with Crippen LogP contribution in [0.5, 0.6) is 6.01 Å². The van der Waals surface area contributed by atoms with E-state index >= 15 is 0 Å². The van der Waals surface area contributed by atoms with Gasteiger partial charge in [0.25, 0.3) is 0 Å². The van der Waals surface area contributed by atoms with Crippen molar-refractivity contribution in [3.05, 3.63) is 39.4 Å². The van der Waals surface area contributed by atoms with E-state index in [0.717, 1.165) is 36.8 Å². The minimum absolute atomic E-state index is 0.0403. The van der Waals surface area contributed by atoms with Gasteiger partial charge in [-0.15, -0.1) is 11.3 Å². The summed E-state index contributed by atoms with van der Waals surface area (Å²) in [5.41, 5.74) is 4.77. The van der Waals surface area contributed by atoms with E-state index in [-0.39, 0.29) is 68.9 Å². The van der Waals surface area contributed by atoms with Crippen molar-refractivity contribution < 1.29 is 13.5 Å². The Morgan fingerprint density at radius 2 is 2.04 bits per heavy atom. The zero-order chi connectivity index (χ0) is 32.2. The highest BCUT2D eigenvalue weighted by atomic mass is 32.1. The number of H-pyrrole nitrogens is 1. The maximum atomic E-state index is 14.9. The van der Waals surface area contributed by atoms with Crippen LogP contribution < -0.4 is 26.1 Å². The van der Waals surface area contributed by atoms with Gasteiger partial charge in [0.1, 0.15) is 52.5 Å². The molecule has 6 heterocycles. The van der Waals surface area contributed by atoms with Gasteiger partial charge in [-0.2, -0.15) is 25.8 Å². The first-order valence-electron chi connectivity index (χ1n) is 14.9. The van der Waals surface area contributed by atoms with E-state index in [9.17, 15) is 29.4 Å². The van der Waals surface area contributed by atoms with Gasteiger partial charge in [-0.1, -0.05) is 0 Å². The van der Waals surface area contributed by atoms with Crippen LogP contribution in [0.3, 0.4) is 0 Å². The Morgan fingerprint density at radius 1 is 1.20 bits per heavy atom. The maximum Gasteiger partial charge on any atom is 0.319 e. The minimum Gasteiger partial charge on any atom is -0.461 e. The Bertz CT molecular complexity index is 2080. The Morgan fingerprint density at radius 3 is 2.83 bits per heavy atom. The van der Waals surface area contributed by atoms with Gasteiger partial charge < -0.3 is 25.7 Å². The topological polar surface area (TPSA) is 184 Å². The quantitative estimate of drug-likeness (QED) is 0.280. The monoisotopic (exact) mass is 642 g/mol. The lowest BCUT2D eigenvalue weighted by molar-refractivity contribution is 0.107. The number of fused-ring (bicyclic) bond motifs is 3.